The van der Waals surface area contributed by atoms with E-state index in [1.54, 1.807) is 6.92 Å². The number of ether oxygens (including phenoxy) is 1. The van der Waals surface area contributed by atoms with Crippen molar-refractivity contribution in [3.05, 3.63) is 44.0 Å². The lowest BCUT2D eigenvalue weighted by molar-refractivity contribution is -0.394. The molecule has 25 heavy (non-hydrogen) atoms. The van der Waals surface area contributed by atoms with Gasteiger partial charge in [0.15, 0.2) is 0 Å². The van der Waals surface area contributed by atoms with Crippen molar-refractivity contribution in [2.75, 3.05) is 6.61 Å². The summed E-state index contributed by atoms with van der Waals surface area (Å²) < 4.78 is 4.89. The standard InChI is InChI=1S/C15H19N3O7/c1-3-5-6-13(15(20)25-4-2)16-14(19)10-7-11(17(21)22)9-12(8-10)18(23)24/h7-9,13H,3-6H2,1-2H3,(H,16,19)/t13-/m0/s1. The summed E-state index contributed by atoms with van der Waals surface area (Å²) in [5, 5.41) is 24.2. The molecule has 10 heteroatoms. The molecule has 1 N–H and O–H groups in total. The van der Waals surface area contributed by atoms with Crippen LogP contribution in [0.3, 0.4) is 0 Å². The topological polar surface area (TPSA) is 142 Å². The molecule has 1 aromatic rings. The normalized spacial score (nSPS) is 11.4. The van der Waals surface area contributed by atoms with Gasteiger partial charge in [-0.15, -0.1) is 0 Å². The molecule has 0 aliphatic carbocycles. The van der Waals surface area contributed by atoms with E-state index in [1.165, 1.54) is 0 Å². The molecular formula is C15H19N3O7. The number of amides is 1. The molecule has 0 aromatic heterocycles. The molecule has 0 aliphatic rings. The molecule has 1 amide bonds. The van der Waals surface area contributed by atoms with Crippen molar-refractivity contribution in [1.82, 2.24) is 5.32 Å². The maximum Gasteiger partial charge on any atom is 0.328 e. The zero-order valence-corrected chi connectivity index (χ0v) is 13.9. The van der Waals surface area contributed by atoms with E-state index in [4.69, 9.17) is 4.74 Å². The number of hydrogen-bond acceptors (Lipinski definition) is 7. The highest BCUT2D eigenvalue weighted by Gasteiger charge is 2.25. The molecule has 1 rings (SSSR count). The van der Waals surface area contributed by atoms with Gasteiger partial charge in [0.2, 0.25) is 0 Å². The smallest absolute Gasteiger partial charge is 0.328 e. The largest absolute Gasteiger partial charge is 0.464 e. The molecule has 0 saturated carbocycles. The predicted molar refractivity (Wildman–Crippen MR) is 87.2 cm³/mol. The Morgan fingerprint density at radius 3 is 2.12 bits per heavy atom. The van der Waals surface area contributed by atoms with Gasteiger partial charge in [-0.1, -0.05) is 19.8 Å². The number of nitro groups is 2. The number of nitrogens with one attached hydrogen (secondary N) is 1. The Balaban J connectivity index is 3.08. The van der Waals surface area contributed by atoms with Crippen molar-refractivity contribution in [3.8, 4) is 0 Å². The Morgan fingerprint density at radius 1 is 1.12 bits per heavy atom. The van der Waals surface area contributed by atoms with E-state index >= 15 is 0 Å². The molecule has 0 radical (unpaired) electrons. The lowest BCUT2D eigenvalue weighted by Gasteiger charge is -2.17. The molecule has 0 unspecified atom stereocenters. The summed E-state index contributed by atoms with van der Waals surface area (Å²) in [5.74, 6) is -1.44. The van der Waals surface area contributed by atoms with Crippen LogP contribution < -0.4 is 5.32 Å². The second kappa shape index (κ2) is 9.30. The number of unbranched alkanes of at least 4 members (excludes halogenated alkanes) is 1. The van der Waals surface area contributed by atoms with Crippen LogP contribution >= 0.6 is 0 Å². The molecule has 0 spiro atoms. The van der Waals surface area contributed by atoms with Gasteiger partial charge in [-0.3, -0.25) is 25.0 Å². The van der Waals surface area contributed by atoms with E-state index in [9.17, 15) is 29.8 Å². The summed E-state index contributed by atoms with van der Waals surface area (Å²) >= 11 is 0. The molecular weight excluding hydrogens is 334 g/mol. The fourth-order valence-corrected chi connectivity index (χ4v) is 2.08. The maximum absolute atomic E-state index is 12.3. The number of benzene rings is 1. The second-order valence-electron chi connectivity index (χ2n) is 5.17. The molecule has 1 aromatic carbocycles. The molecule has 1 atom stereocenters. The zero-order valence-electron chi connectivity index (χ0n) is 13.9. The van der Waals surface area contributed by atoms with Crippen molar-refractivity contribution in [2.45, 2.75) is 39.2 Å². The minimum Gasteiger partial charge on any atom is -0.464 e. The second-order valence-corrected chi connectivity index (χ2v) is 5.17. The Labute approximate surface area is 143 Å². The van der Waals surface area contributed by atoms with Crippen molar-refractivity contribution >= 4 is 23.3 Å². The molecule has 0 fully saturated rings. The quantitative estimate of drug-likeness (QED) is 0.408. The SMILES string of the molecule is CCCC[C@H](NC(=O)c1cc([N+](=O)[O-])cc([N+](=O)[O-])c1)C(=O)OCC. The van der Waals surface area contributed by atoms with Gasteiger partial charge in [0.05, 0.1) is 28.1 Å². The average Bonchev–Trinajstić information content (AvgIpc) is 2.57. The van der Waals surface area contributed by atoms with Crippen LogP contribution in [0.2, 0.25) is 0 Å². The monoisotopic (exact) mass is 353 g/mol. The first-order valence-corrected chi connectivity index (χ1v) is 7.71. The van der Waals surface area contributed by atoms with E-state index in [1.807, 2.05) is 6.92 Å². The Morgan fingerprint density at radius 2 is 1.68 bits per heavy atom. The first-order valence-electron chi connectivity index (χ1n) is 7.71. The van der Waals surface area contributed by atoms with Crippen molar-refractivity contribution in [2.24, 2.45) is 0 Å². The summed E-state index contributed by atoms with van der Waals surface area (Å²) in [4.78, 5) is 44.3. The summed E-state index contributed by atoms with van der Waals surface area (Å²) in [6.07, 6.45) is 1.77. The average molecular weight is 353 g/mol. The van der Waals surface area contributed by atoms with Gasteiger partial charge >= 0.3 is 5.97 Å². The Bertz CT molecular complexity index is 643. The third-order valence-electron chi connectivity index (χ3n) is 3.31. The molecule has 0 aliphatic heterocycles. The van der Waals surface area contributed by atoms with Crippen molar-refractivity contribution in [3.63, 3.8) is 0 Å². The lowest BCUT2D eigenvalue weighted by Crippen LogP contribution is -2.41. The maximum atomic E-state index is 12.3. The Kier molecular flexibility index (Phi) is 7.44. The van der Waals surface area contributed by atoms with Gasteiger partial charge in [-0.25, -0.2) is 4.79 Å². The first-order chi connectivity index (χ1) is 11.8. The highest BCUT2D eigenvalue weighted by atomic mass is 16.6. The molecule has 10 nitrogen and oxygen atoms in total. The van der Waals surface area contributed by atoms with Crippen LogP contribution in [0.15, 0.2) is 18.2 Å². The van der Waals surface area contributed by atoms with Crippen LogP contribution in [0.5, 0.6) is 0 Å². The van der Waals surface area contributed by atoms with Crippen LogP contribution in [-0.2, 0) is 9.53 Å². The fraction of sp³-hybridized carbons (Fsp3) is 0.467. The number of carbonyl (C=O) groups excluding carboxylic acids is 2. The summed E-state index contributed by atoms with van der Waals surface area (Å²) in [7, 11) is 0. The van der Waals surface area contributed by atoms with Crippen LogP contribution in [0.25, 0.3) is 0 Å². The van der Waals surface area contributed by atoms with Gasteiger partial charge in [-0.2, -0.15) is 0 Å². The number of hydrogen-bond donors (Lipinski definition) is 1. The zero-order chi connectivity index (χ0) is 19.0. The summed E-state index contributed by atoms with van der Waals surface area (Å²) in [6, 6.07) is 1.68. The highest BCUT2D eigenvalue weighted by molar-refractivity contribution is 5.97. The number of nitro benzene ring substituents is 2. The van der Waals surface area contributed by atoms with Crippen LogP contribution in [0.4, 0.5) is 11.4 Å². The minimum atomic E-state index is -0.925. The summed E-state index contributed by atoms with van der Waals surface area (Å²) in [5.41, 5.74) is -1.44. The Hall–Kier alpha value is -3.04. The third kappa shape index (κ3) is 5.83. The van der Waals surface area contributed by atoms with Gasteiger partial charge in [0, 0.05) is 12.1 Å². The highest BCUT2D eigenvalue weighted by Crippen LogP contribution is 2.22. The molecule has 0 saturated heterocycles. The number of non-ortho nitro benzene ring substituents is 2. The van der Waals surface area contributed by atoms with E-state index in [0.717, 1.165) is 24.6 Å². The predicted octanol–water partition coefficient (Wildman–Crippen LogP) is 2.35. The van der Waals surface area contributed by atoms with E-state index in [0.29, 0.717) is 12.8 Å². The molecule has 0 bridgehead atoms. The van der Waals surface area contributed by atoms with Gasteiger partial charge in [-0.05, 0) is 13.3 Å². The van der Waals surface area contributed by atoms with Crippen LogP contribution in [-0.4, -0.2) is 34.4 Å². The van der Waals surface area contributed by atoms with Crippen LogP contribution in [0, 0.1) is 20.2 Å². The van der Waals surface area contributed by atoms with E-state index in [-0.39, 0.29) is 12.2 Å². The fourth-order valence-electron chi connectivity index (χ4n) is 2.08. The molecule has 136 valence electrons. The first kappa shape index (κ1) is 20.0. The van der Waals surface area contributed by atoms with Gasteiger partial charge in [0.25, 0.3) is 17.3 Å². The van der Waals surface area contributed by atoms with Gasteiger partial charge < -0.3 is 10.1 Å². The number of nitrogens with zero attached hydrogens (tertiary/aromatic N) is 2. The van der Waals surface area contributed by atoms with Gasteiger partial charge in [0.1, 0.15) is 6.04 Å². The lowest BCUT2D eigenvalue weighted by atomic mass is 10.1. The molecule has 0 heterocycles. The number of rotatable bonds is 9. The van der Waals surface area contributed by atoms with Crippen molar-refractivity contribution in [1.29, 1.82) is 0 Å². The van der Waals surface area contributed by atoms with Crippen LogP contribution in [0.1, 0.15) is 43.5 Å². The van der Waals surface area contributed by atoms with Crippen molar-refractivity contribution < 1.29 is 24.2 Å². The minimum absolute atomic E-state index is 0.139. The van der Waals surface area contributed by atoms with E-state index in [2.05, 4.69) is 5.32 Å². The third-order valence-corrected chi connectivity index (χ3v) is 3.31. The van der Waals surface area contributed by atoms with E-state index < -0.39 is 39.1 Å². The number of carbonyl (C=O) groups is 2. The summed E-state index contributed by atoms with van der Waals surface area (Å²) in [6.45, 7) is 3.67. The number of esters is 1.